The predicted octanol–water partition coefficient (Wildman–Crippen LogP) is 5.38. The fourth-order valence-corrected chi connectivity index (χ4v) is 4.61. The van der Waals surface area contributed by atoms with Crippen molar-refractivity contribution >= 4 is 51.4 Å². The molecule has 8 nitrogen and oxygen atoms in total. The Kier molecular flexibility index (Phi) is 6.84. The number of amides is 1. The standard InChI is InChI=1S/C26H20ClN5O3S/c1-2-34-22-13-16(9-10-21(22)35-15-18-6-3-4-8-20(18)27)12-19-23(28)32-26(30-24(19)33)36-25(31-32)17-7-5-11-29-14-17/h3-14,28H,2,15H2,1H3. The van der Waals surface area contributed by atoms with Gasteiger partial charge in [0.2, 0.25) is 5.17 Å². The average molecular weight is 518 g/mol. The number of carbonyl (C=O) groups excluding carboxylic acids is 1. The molecule has 2 aliphatic heterocycles. The van der Waals surface area contributed by atoms with E-state index in [0.29, 0.717) is 38.9 Å². The van der Waals surface area contributed by atoms with Gasteiger partial charge in [-0.05, 0) is 60.7 Å². The zero-order valence-corrected chi connectivity index (χ0v) is 20.7. The number of thioether (sulfide) groups is 1. The predicted molar refractivity (Wildman–Crippen MR) is 142 cm³/mol. The highest BCUT2D eigenvalue weighted by molar-refractivity contribution is 8.27. The Hall–Kier alpha value is -3.95. The van der Waals surface area contributed by atoms with Crippen molar-refractivity contribution in [1.29, 1.82) is 5.41 Å². The number of hydrazone groups is 1. The third kappa shape index (κ3) is 4.89. The number of rotatable bonds is 7. The number of pyridine rings is 1. The van der Waals surface area contributed by atoms with Gasteiger partial charge in [-0.3, -0.25) is 15.2 Å². The number of amidine groups is 2. The zero-order valence-electron chi connectivity index (χ0n) is 19.1. The van der Waals surface area contributed by atoms with E-state index in [0.717, 1.165) is 11.1 Å². The van der Waals surface area contributed by atoms with Crippen molar-refractivity contribution < 1.29 is 14.3 Å². The number of carbonyl (C=O) groups is 1. The molecule has 0 radical (unpaired) electrons. The summed E-state index contributed by atoms with van der Waals surface area (Å²) in [5, 5.41) is 16.1. The van der Waals surface area contributed by atoms with Crippen molar-refractivity contribution in [1.82, 2.24) is 9.99 Å². The van der Waals surface area contributed by atoms with E-state index in [9.17, 15) is 4.79 Å². The Morgan fingerprint density at radius 3 is 2.75 bits per heavy atom. The van der Waals surface area contributed by atoms with Gasteiger partial charge in [-0.1, -0.05) is 35.9 Å². The molecule has 5 rings (SSSR count). The third-order valence-corrected chi connectivity index (χ3v) is 6.61. The van der Waals surface area contributed by atoms with Gasteiger partial charge < -0.3 is 9.47 Å². The van der Waals surface area contributed by atoms with E-state index in [-0.39, 0.29) is 18.0 Å². The summed E-state index contributed by atoms with van der Waals surface area (Å²) in [6, 6.07) is 16.5. The molecule has 1 amide bonds. The van der Waals surface area contributed by atoms with Gasteiger partial charge in [0.1, 0.15) is 11.7 Å². The van der Waals surface area contributed by atoms with Crippen LogP contribution >= 0.6 is 23.4 Å². The van der Waals surface area contributed by atoms with Crippen LogP contribution in [0.25, 0.3) is 6.08 Å². The third-order valence-electron chi connectivity index (χ3n) is 5.28. The smallest absolute Gasteiger partial charge is 0.283 e. The van der Waals surface area contributed by atoms with E-state index in [1.54, 1.807) is 42.7 Å². The lowest BCUT2D eigenvalue weighted by molar-refractivity contribution is -0.114. The minimum Gasteiger partial charge on any atom is -0.490 e. The number of ether oxygens (including phenoxy) is 2. The van der Waals surface area contributed by atoms with E-state index in [2.05, 4.69) is 15.1 Å². The topological polar surface area (TPSA) is 100 Å². The van der Waals surface area contributed by atoms with Crippen molar-refractivity contribution in [3.05, 3.63) is 94.3 Å². The molecular weight excluding hydrogens is 498 g/mol. The van der Waals surface area contributed by atoms with Crippen LogP contribution in [0.15, 0.2) is 82.7 Å². The molecule has 0 fully saturated rings. The monoisotopic (exact) mass is 517 g/mol. The van der Waals surface area contributed by atoms with E-state index >= 15 is 0 Å². The lowest BCUT2D eigenvalue weighted by atomic mass is 10.1. The van der Waals surface area contributed by atoms with Gasteiger partial charge in [-0.15, -0.1) is 0 Å². The normalized spacial score (nSPS) is 16.1. The number of aromatic nitrogens is 1. The molecule has 0 spiro atoms. The molecule has 0 saturated carbocycles. The van der Waals surface area contributed by atoms with Gasteiger partial charge in [-0.2, -0.15) is 15.1 Å². The van der Waals surface area contributed by atoms with Crippen molar-refractivity contribution in [2.75, 3.05) is 6.61 Å². The Morgan fingerprint density at radius 2 is 1.97 bits per heavy atom. The summed E-state index contributed by atoms with van der Waals surface area (Å²) in [7, 11) is 0. The van der Waals surface area contributed by atoms with Gasteiger partial charge >= 0.3 is 0 Å². The molecule has 1 N–H and O–H groups in total. The molecule has 0 unspecified atom stereocenters. The second-order valence-electron chi connectivity index (χ2n) is 7.69. The Balaban J connectivity index is 1.40. The molecule has 3 heterocycles. The largest absolute Gasteiger partial charge is 0.490 e. The zero-order chi connectivity index (χ0) is 25.1. The van der Waals surface area contributed by atoms with Crippen molar-refractivity contribution in [3.63, 3.8) is 0 Å². The molecule has 36 heavy (non-hydrogen) atoms. The maximum atomic E-state index is 12.8. The number of hydrogen-bond acceptors (Lipinski definition) is 7. The molecule has 0 aliphatic carbocycles. The number of hydrogen-bond donors (Lipinski definition) is 1. The molecule has 3 aromatic rings. The molecule has 0 saturated heterocycles. The van der Waals surface area contributed by atoms with Crippen LogP contribution in [-0.4, -0.2) is 38.6 Å². The summed E-state index contributed by atoms with van der Waals surface area (Å²) < 4.78 is 11.7. The molecular formula is C26H20ClN5O3S. The maximum absolute atomic E-state index is 12.8. The highest BCUT2D eigenvalue weighted by atomic mass is 35.5. The van der Waals surface area contributed by atoms with Gasteiger partial charge in [0.25, 0.3) is 5.91 Å². The molecule has 180 valence electrons. The van der Waals surface area contributed by atoms with Gasteiger partial charge in [0.05, 0.1) is 12.2 Å². The summed E-state index contributed by atoms with van der Waals surface area (Å²) in [5.41, 5.74) is 2.44. The minimum atomic E-state index is -0.501. The number of fused-ring (bicyclic) bond motifs is 1. The first-order valence-corrected chi connectivity index (χ1v) is 12.3. The van der Waals surface area contributed by atoms with Gasteiger partial charge in [0, 0.05) is 28.5 Å². The lowest BCUT2D eigenvalue weighted by Gasteiger charge is -2.20. The van der Waals surface area contributed by atoms with Gasteiger partial charge in [-0.25, -0.2) is 0 Å². The number of nitrogens with one attached hydrogen (secondary N) is 1. The second kappa shape index (κ2) is 10.3. The van der Waals surface area contributed by atoms with Crippen molar-refractivity contribution in [3.8, 4) is 11.5 Å². The maximum Gasteiger partial charge on any atom is 0.283 e. The van der Waals surface area contributed by atoms with Crippen LogP contribution in [0.2, 0.25) is 5.02 Å². The second-order valence-corrected chi connectivity index (χ2v) is 9.05. The molecule has 2 aliphatic rings. The van der Waals surface area contributed by atoms with Gasteiger partial charge in [0.15, 0.2) is 17.3 Å². The molecule has 0 bridgehead atoms. The van der Waals surface area contributed by atoms with E-state index in [4.69, 9.17) is 26.5 Å². The number of nitrogens with zero attached hydrogens (tertiary/aromatic N) is 4. The fourth-order valence-electron chi connectivity index (χ4n) is 3.54. The lowest BCUT2D eigenvalue weighted by Crippen LogP contribution is -2.35. The van der Waals surface area contributed by atoms with Crippen molar-refractivity contribution in [2.45, 2.75) is 13.5 Å². The fraction of sp³-hybridized carbons (Fsp3) is 0.115. The van der Waals surface area contributed by atoms with Crippen LogP contribution in [0.4, 0.5) is 0 Å². The summed E-state index contributed by atoms with van der Waals surface area (Å²) in [5.74, 6) is 0.518. The van der Waals surface area contributed by atoms with Crippen LogP contribution in [0, 0.1) is 5.41 Å². The number of halogens is 1. The van der Waals surface area contributed by atoms with Crippen LogP contribution in [0.3, 0.4) is 0 Å². The molecule has 1 aromatic heterocycles. The summed E-state index contributed by atoms with van der Waals surface area (Å²) in [6.07, 6.45) is 4.95. The van der Waals surface area contributed by atoms with Crippen molar-refractivity contribution in [2.24, 2.45) is 10.1 Å². The Bertz CT molecular complexity index is 1440. The Labute approximate surface area is 216 Å². The first-order chi connectivity index (χ1) is 17.5. The molecule has 0 atom stereocenters. The Morgan fingerprint density at radius 1 is 1.11 bits per heavy atom. The first kappa shape index (κ1) is 23.8. The summed E-state index contributed by atoms with van der Waals surface area (Å²) in [6.45, 7) is 2.59. The highest BCUT2D eigenvalue weighted by Crippen LogP contribution is 2.33. The van der Waals surface area contributed by atoms with Crippen LogP contribution in [0.1, 0.15) is 23.6 Å². The molecule has 10 heteroatoms. The summed E-state index contributed by atoms with van der Waals surface area (Å²) in [4.78, 5) is 21.0. The molecule has 2 aromatic carbocycles. The van der Waals surface area contributed by atoms with E-state index < -0.39 is 5.91 Å². The van der Waals surface area contributed by atoms with Crippen LogP contribution < -0.4 is 9.47 Å². The minimum absolute atomic E-state index is 0.0478. The van der Waals surface area contributed by atoms with Crippen LogP contribution in [-0.2, 0) is 11.4 Å². The summed E-state index contributed by atoms with van der Waals surface area (Å²) >= 11 is 7.47. The number of benzene rings is 2. The van der Waals surface area contributed by atoms with E-state index in [1.165, 1.54) is 16.8 Å². The van der Waals surface area contributed by atoms with Crippen LogP contribution in [0.5, 0.6) is 11.5 Å². The average Bonchev–Trinajstić information content (AvgIpc) is 3.32. The highest BCUT2D eigenvalue weighted by Gasteiger charge is 2.36. The quantitative estimate of drug-likeness (QED) is 0.422. The number of aliphatic imine (C=N–C) groups is 1. The first-order valence-electron chi connectivity index (χ1n) is 11.1. The SMILES string of the molecule is CCOc1cc(C=C2C(=N)N3N=C(c4cccnc4)SC3=NC2=O)ccc1OCc1ccccc1Cl. The van der Waals surface area contributed by atoms with E-state index in [1.807, 2.05) is 37.3 Å².